The highest BCUT2D eigenvalue weighted by molar-refractivity contribution is 5.18. The molecule has 0 bridgehead atoms. The lowest BCUT2D eigenvalue weighted by molar-refractivity contribution is 0.556. The SMILES string of the molecule is CNC(Cc1ccc(F)cc1)c1ncccn1. The summed E-state index contributed by atoms with van der Waals surface area (Å²) in [7, 11) is 1.87. The van der Waals surface area contributed by atoms with E-state index in [2.05, 4.69) is 15.3 Å². The Balaban J connectivity index is 2.13. The first kappa shape index (κ1) is 11.7. The highest BCUT2D eigenvalue weighted by atomic mass is 19.1. The number of nitrogens with zero attached hydrogens (tertiary/aromatic N) is 2. The predicted octanol–water partition coefficient (Wildman–Crippen LogP) is 2.12. The van der Waals surface area contributed by atoms with E-state index in [1.807, 2.05) is 7.05 Å². The van der Waals surface area contributed by atoms with Crippen LogP contribution in [0.2, 0.25) is 0 Å². The molecule has 0 radical (unpaired) electrons. The maximum absolute atomic E-state index is 12.8. The Labute approximate surface area is 99.7 Å². The number of aromatic nitrogens is 2. The molecule has 17 heavy (non-hydrogen) atoms. The number of rotatable bonds is 4. The van der Waals surface area contributed by atoms with Gasteiger partial charge in [-0.2, -0.15) is 0 Å². The molecular weight excluding hydrogens is 217 g/mol. The average Bonchev–Trinajstić information content (AvgIpc) is 2.39. The maximum Gasteiger partial charge on any atom is 0.145 e. The lowest BCUT2D eigenvalue weighted by Crippen LogP contribution is -2.21. The summed E-state index contributed by atoms with van der Waals surface area (Å²) in [6.07, 6.45) is 4.18. The molecule has 0 saturated carbocycles. The minimum atomic E-state index is -0.217. The molecule has 1 N–H and O–H groups in total. The molecule has 0 aliphatic rings. The second-order valence-electron chi connectivity index (χ2n) is 3.78. The first-order valence-electron chi connectivity index (χ1n) is 5.48. The maximum atomic E-state index is 12.8. The molecule has 4 heteroatoms. The summed E-state index contributed by atoms with van der Waals surface area (Å²) in [6.45, 7) is 0. The van der Waals surface area contributed by atoms with Gasteiger partial charge in [-0.15, -0.1) is 0 Å². The average molecular weight is 231 g/mol. The van der Waals surface area contributed by atoms with Crippen molar-refractivity contribution in [2.75, 3.05) is 7.05 Å². The summed E-state index contributed by atoms with van der Waals surface area (Å²) in [5.74, 6) is 0.532. The lowest BCUT2D eigenvalue weighted by Gasteiger charge is -2.14. The molecule has 1 heterocycles. The van der Waals surface area contributed by atoms with Gasteiger partial charge in [-0.05, 0) is 37.2 Å². The fourth-order valence-corrected chi connectivity index (χ4v) is 1.67. The van der Waals surface area contributed by atoms with Gasteiger partial charge in [0, 0.05) is 12.4 Å². The Morgan fingerprint density at radius 2 is 1.82 bits per heavy atom. The van der Waals surface area contributed by atoms with Gasteiger partial charge in [-0.3, -0.25) is 0 Å². The zero-order valence-electron chi connectivity index (χ0n) is 9.60. The molecule has 1 atom stereocenters. The normalized spacial score (nSPS) is 12.4. The van der Waals surface area contributed by atoms with Crippen molar-refractivity contribution in [2.24, 2.45) is 0 Å². The van der Waals surface area contributed by atoms with E-state index in [0.29, 0.717) is 0 Å². The molecule has 0 aliphatic heterocycles. The van der Waals surface area contributed by atoms with E-state index in [0.717, 1.165) is 17.8 Å². The van der Waals surface area contributed by atoms with Gasteiger partial charge in [-0.25, -0.2) is 14.4 Å². The standard InChI is InChI=1S/C13H14FN3/c1-15-12(13-16-7-2-8-17-13)9-10-3-5-11(14)6-4-10/h2-8,12,15H,9H2,1H3. The summed E-state index contributed by atoms with van der Waals surface area (Å²) in [5.41, 5.74) is 1.05. The number of nitrogens with one attached hydrogen (secondary N) is 1. The smallest absolute Gasteiger partial charge is 0.145 e. The van der Waals surface area contributed by atoms with Crippen molar-refractivity contribution in [3.05, 3.63) is 59.9 Å². The highest BCUT2D eigenvalue weighted by Gasteiger charge is 2.12. The predicted molar refractivity (Wildman–Crippen MR) is 63.9 cm³/mol. The van der Waals surface area contributed by atoms with Crippen molar-refractivity contribution in [3.8, 4) is 0 Å². The van der Waals surface area contributed by atoms with Crippen LogP contribution in [0.25, 0.3) is 0 Å². The van der Waals surface area contributed by atoms with Gasteiger partial charge >= 0.3 is 0 Å². The minimum Gasteiger partial charge on any atom is -0.310 e. The van der Waals surface area contributed by atoms with Crippen LogP contribution in [0.4, 0.5) is 4.39 Å². The van der Waals surface area contributed by atoms with E-state index in [4.69, 9.17) is 0 Å². The minimum absolute atomic E-state index is 0.0432. The molecule has 3 nitrogen and oxygen atoms in total. The van der Waals surface area contributed by atoms with Crippen LogP contribution in [0.1, 0.15) is 17.4 Å². The fourth-order valence-electron chi connectivity index (χ4n) is 1.67. The van der Waals surface area contributed by atoms with E-state index < -0.39 is 0 Å². The molecule has 88 valence electrons. The Bertz CT molecular complexity index is 456. The summed E-state index contributed by atoms with van der Waals surface area (Å²) in [4.78, 5) is 8.43. The monoisotopic (exact) mass is 231 g/mol. The van der Waals surface area contributed by atoms with Crippen LogP contribution in [-0.2, 0) is 6.42 Å². The third kappa shape index (κ3) is 3.07. The van der Waals surface area contributed by atoms with Crippen LogP contribution >= 0.6 is 0 Å². The van der Waals surface area contributed by atoms with Gasteiger partial charge < -0.3 is 5.32 Å². The van der Waals surface area contributed by atoms with E-state index >= 15 is 0 Å². The summed E-state index contributed by atoms with van der Waals surface area (Å²) in [5, 5.41) is 3.16. The van der Waals surface area contributed by atoms with E-state index in [-0.39, 0.29) is 11.9 Å². The first-order chi connectivity index (χ1) is 8.29. The van der Waals surface area contributed by atoms with Crippen molar-refractivity contribution >= 4 is 0 Å². The first-order valence-corrected chi connectivity index (χ1v) is 5.48. The van der Waals surface area contributed by atoms with E-state index in [1.165, 1.54) is 12.1 Å². The molecule has 0 spiro atoms. The van der Waals surface area contributed by atoms with Crippen molar-refractivity contribution in [1.29, 1.82) is 0 Å². The van der Waals surface area contributed by atoms with Crippen LogP contribution in [-0.4, -0.2) is 17.0 Å². The number of hydrogen-bond acceptors (Lipinski definition) is 3. The third-order valence-electron chi connectivity index (χ3n) is 2.60. The molecule has 1 aromatic carbocycles. The zero-order chi connectivity index (χ0) is 12.1. The fraction of sp³-hybridized carbons (Fsp3) is 0.231. The molecule has 2 rings (SSSR count). The van der Waals surface area contributed by atoms with Crippen molar-refractivity contribution in [2.45, 2.75) is 12.5 Å². The van der Waals surface area contributed by atoms with Crippen LogP contribution in [0.5, 0.6) is 0 Å². The Kier molecular flexibility index (Phi) is 3.77. The number of benzene rings is 1. The number of halogens is 1. The molecule has 1 unspecified atom stereocenters. The second kappa shape index (κ2) is 5.50. The number of likely N-dealkylation sites (N-methyl/N-ethyl adjacent to an activating group) is 1. The second-order valence-corrected chi connectivity index (χ2v) is 3.78. The van der Waals surface area contributed by atoms with Crippen molar-refractivity contribution in [3.63, 3.8) is 0 Å². The molecule has 2 aromatic rings. The molecule has 0 fully saturated rings. The van der Waals surface area contributed by atoms with Gasteiger partial charge in [0.25, 0.3) is 0 Å². The summed E-state index contributed by atoms with van der Waals surface area (Å²) < 4.78 is 12.8. The summed E-state index contributed by atoms with van der Waals surface area (Å²) >= 11 is 0. The van der Waals surface area contributed by atoms with Crippen LogP contribution < -0.4 is 5.32 Å². The molecular formula is C13H14FN3. The number of hydrogen-bond donors (Lipinski definition) is 1. The lowest BCUT2D eigenvalue weighted by atomic mass is 10.1. The largest absolute Gasteiger partial charge is 0.310 e. The molecule has 0 aliphatic carbocycles. The Morgan fingerprint density at radius 1 is 1.18 bits per heavy atom. The van der Waals surface area contributed by atoms with Gasteiger partial charge in [-0.1, -0.05) is 12.1 Å². The van der Waals surface area contributed by atoms with Crippen LogP contribution in [0.15, 0.2) is 42.7 Å². The van der Waals surface area contributed by atoms with E-state index in [1.54, 1.807) is 30.6 Å². The van der Waals surface area contributed by atoms with Gasteiger partial charge in [0.05, 0.1) is 6.04 Å². The molecule has 0 saturated heterocycles. The highest BCUT2D eigenvalue weighted by Crippen LogP contribution is 2.14. The van der Waals surface area contributed by atoms with Gasteiger partial charge in [0.2, 0.25) is 0 Å². The van der Waals surface area contributed by atoms with Gasteiger partial charge in [0.15, 0.2) is 0 Å². The molecule has 0 amide bonds. The Hall–Kier alpha value is -1.81. The summed E-state index contributed by atoms with van der Waals surface area (Å²) in [6, 6.07) is 8.32. The van der Waals surface area contributed by atoms with Crippen LogP contribution in [0.3, 0.4) is 0 Å². The van der Waals surface area contributed by atoms with Crippen LogP contribution in [0, 0.1) is 5.82 Å². The van der Waals surface area contributed by atoms with E-state index in [9.17, 15) is 4.39 Å². The van der Waals surface area contributed by atoms with Crippen molar-refractivity contribution in [1.82, 2.24) is 15.3 Å². The van der Waals surface area contributed by atoms with Gasteiger partial charge in [0.1, 0.15) is 11.6 Å². The Morgan fingerprint density at radius 3 is 2.41 bits per heavy atom. The quantitative estimate of drug-likeness (QED) is 0.875. The zero-order valence-corrected chi connectivity index (χ0v) is 9.60. The van der Waals surface area contributed by atoms with Crippen molar-refractivity contribution < 1.29 is 4.39 Å². The third-order valence-corrected chi connectivity index (χ3v) is 2.60. The molecule has 1 aromatic heterocycles. The topological polar surface area (TPSA) is 37.8 Å².